The molecule has 1 fully saturated rings. The van der Waals surface area contributed by atoms with Crippen LogP contribution in [0.3, 0.4) is 0 Å². The fraction of sp³-hybridized carbons (Fsp3) is 0.333. The molecule has 1 aliphatic rings. The van der Waals surface area contributed by atoms with Gasteiger partial charge in [0.15, 0.2) is 0 Å². The number of carbonyl (C=O) groups is 2. The van der Waals surface area contributed by atoms with Crippen LogP contribution in [0.5, 0.6) is 0 Å². The van der Waals surface area contributed by atoms with Crippen LogP contribution in [0.15, 0.2) is 29.2 Å². The molecule has 1 atom stereocenters. The second-order valence-electron chi connectivity index (χ2n) is 4.44. The highest BCUT2D eigenvalue weighted by atomic mass is 32.2. The number of aromatic carboxylic acids is 1. The van der Waals surface area contributed by atoms with Crippen molar-refractivity contribution in [3.63, 3.8) is 0 Å². The number of benzene rings is 1. The summed E-state index contributed by atoms with van der Waals surface area (Å²) in [5, 5.41) is 17.8. The summed E-state index contributed by atoms with van der Waals surface area (Å²) in [7, 11) is -3.92. The summed E-state index contributed by atoms with van der Waals surface area (Å²) in [6, 6.07) is 3.66. The van der Waals surface area contributed by atoms with Crippen molar-refractivity contribution in [1.82, 2.24) is 4.31 Å². The van der Waals surface area contributed by atoms with E-state index < -0.39 is 28.0 Å². The summed E-state index contributed by atoms with van der Waals surface area (Å²) in [5.41, 5.74) is -0.0276. The molecule has 0 aliphatic carbocycles. The van der Waals surface area contributed by atoms with Gasteiger partial charge in [0.2, 0.25) is 10.0 Å². The minimum absolute atomic E-state index is 0.0276. The number of aliphatic carboxylic acids is 1. The van der Waals surface area contributed by atoms with Gasteiger partial charge in [-0.1, -0.05) is 0 Å². The molecule has 2 rings (SSSR count). The maximum atomic E-state index is 12.3. The van der Waals surface area contributed by atoms with E-state index in [4.69, 9.17) is 10.2 Å². The molecule has 1 aromatic carbocycles. The summed E-state index contributed by atoms with van der Waals surface area (Å²) in [4.78, 5) is 21.7. The Morgan fingerprint density at radius 3 is 2.25 bits per heavy atom. The lowest BCUT2D eigenvalue weighted by molar-refractivity contribution is -0.140. The number of sulfonamides is 1. The Bertz CT molecular complexity index is 636. The number of carboxylic acid groups (broad SMARTS) is 2. The molecule has 2 N–H and O–H groups in total. The quantitative estimate of drug-likeness (QED) is 0.843. The van der Waals surface area contributed by atoms with Gasteiger partial charge in [-0.05, 0) is 37.1 Å². The lowest BCUT2D eigenvalue weighted by Gasteiger charge is -2.20. The largest absolute Gasteiger partial charge is 0.480 e. The SMILES string of the molecule is O=C(O)c1ccc(S(=O)(=O)N2CCC[C@@H]2C(=O)O)cc1. The summed E-state index contributed by atoms with van der Waals surface area (Å²) >= 11 is 0. The predicted molar refractivity (Wildman–Crippen MR) is 68.0 cm³/mol. The Kier molecular flexibility index (Phi) is 3.78. The Morgan fingerprint density at radius 2 is 1.75 bits per heavy atom. The average molecular weight is 299 g/mol. The van der Waals surface area contributed by atoms with Crippen LogP contribution in [0.2, 0.25) is 0 Å². The zero-order chi connectivity index (χ0) is 14.9. The van der Waals surface area contributed by atoms with E-state index in [1.807, 2.05) is 0 Å². The van der Waals surface area contributed by atoms with Gasteiger partial charge < -0.3 is 10.2 Å². The maximum absolute atomic E-state index is 12.3. The van der Waals surface area contributed by atoms with Crippen LogP contribution < -0.4 is 0 Å². The predicted octanol–water partition coefficient (Wildman–Crippen LogP) is 0.622. The number of carboxylic acids is 2. The lowest BCUT2D eigenvalue weighted by Crippen LogP contribution is -2.40. The highest BCUT2D eigenvalue weighted by Crippen LogP contribution is 2.26. The van der Waals surface area contributed by atoms with E-state index in [-0.39, 0.29) is 23.4 Å². The van der Waals surface area contributed by atoms with Crippen molar-refractivity contribution in [2.24, 2.45) is 0 Å². The fourth-order valence-corrected chi connectivity index (χ4v) is 3.83. The topological polar surface area (TPSA) is 112 Å². The van der Waals surface area contributed by atoms with Gasteiger partial charge in [-0.25, -0.2) is 13.2 Å². The summed E-state index contributed by atoms with van der Waals surface area (Å²) in [5.74, 6) is -2.33. The fourth-order valence-electron chi connectivity index (χ4n) is 2.18. The molecule has 1 aromatic rings. The molecule has 8 heteroatoms. The molecule has 1 saturated heterocycles. The van der Waals surface area contributed by atoms with Gasteiger partial charge in [0.05, 0.1) is 10.5 Å². The Morgan fingerprint density at radius 1 is 1.15 bits per heavy atom. The molecule has 0 unspecified atom stereocenters. The summed E-state index contributed by atoms with van der Waals surface area (Å²) < 4.78 is 25.6. The van der Waals surface area contributed by atoms with Gasteiger partial charge in [-0.15, -0.1) is 0 Å². The molecule has 0 aromatic heterocycles. The van der Waals surface area contributed by atoms with E-state index in [0.717, 1.165) is 4.31 Å². The summed E-state index contributed by atoms with van der Waals surface area (Å²) in [6.45, 7) is 0.153. The van der Waals surface area contributed by atoms with Crippen LogP contribution >= 0.6 is 0 Å². The van der Waals surface area contributed by atoms with E-state index in [1.165, 1.54) is 24.3 Å². The van der Waals surface area contributed by atoms with Crippen LogP contribution in [0.1, 0.15) is 23.2 Å². The molecule has 1 heterocycles. The number of hydrogen-bond donors (Lipinski definition) is 2. The second kappa shape index (κ2) is 5.22. The first-order valence-corrected chi connectivity index (χ1v) is 7.36. The molecule has 108 valence electrons. The van der Waals surface area contributed by atoms with Crippen LogP contribution in [0.25, 0.3) is 0 Å². The standard InChI is InChI=1S/C12H13NO6S/c14-11(15)8-3-5-9(6-4-8)20(18,19)13-7-1-2-10(13)12(16)17/h3-6,10H,1-2,7H2,(H,14,15)(H,16,17)/t10-/m1/s1. The van der Waals surface area contributed by atoms with Crippen LogP contribution in [-0.2, 0) is 14.8 Å². The molecule has 0 amide bonds. The van der Waals surface area contributed by atoms with Gasteiger partial charge in [0, 0.05) is 6.54 Å². The normalized spacial score (nSPS) is 19.9. The molecular formula is C12H13NO6S. The third-order valence-electron chi connectivity index (χ3n) is 3.20. The van der Waals surface area contributed by atoms with Gasteiger partial charge in [-0.2, -0.15) is 4.31 Å². The molecule has 0 radical (unpaired) electrons. The third-order valence-corrected chi connectivity index (χ3v) is 5.12. The van der Waals surface area contributed by atoms with Crippen molar-refractivity contribution in [3.8, 4) is 0 Å². The molecule has 0 bridgehead atoms. The van der Waals surface area contributed by atoms with E-state index in [9.17, 15) is 18.0 Å². The molecule has 20 heavy (non-hydrogen) atoms. The van der Waals surface area contributed by atoms with E-state index >= 15 is 0 Å². The van der Waals surface area contributed by atoms with Gasteiger partial charge in [0.25, 0.3) is 0 Å². The first-order chi connectivity index (χ1) is 9.34. The van der Waals surface area contributed by atoms with E-state index in [0.29, 0.717) is 6.42 Å². The van der Waals surface area contributed by atoms with E-state index in [2.05, 4.69) is 0 Å². The first-order valence-electron chi connectivity index (χ1n) is 5.92. The Labute approximate surface area is 115 Å². The number of rotatable bonds is 4. The van der Waals surface area contributed by atoms with Gasteiger partial charge in [0.1, 0.15) is 6.04 Å². The van der Waals surface area contributed by atoms with Crippen molar-refractivity contribution in [3.05, 3.63) is 29.8 Å². The Hall–Kier alpha value is -1.93. The molecule has 0 spiro atoms. The van der Waals surface area contributed by atoms with Crippen molar-refractivity contribution in [2.45, 2.75) is 23.8 Å². The van der Waals surface area contributed by atoms with Crippen molar-refractivity contribution in [1.29, 1.82) is 0 Å². The third kappa shape index (κ3) is 2.52. The number of nitrogens with zero attached hydrogens (tertiary/aromatic N) is 1. The minimum atomic E-state index is -3.92. The van der Waals surface area contributed by atoms with Crippen LogP contribution in [0.4, 0.5) is 0 Å². The minimum Gasteiger partial charge on any atom is -0.480 e. The number of hydrogen-bond acceptors (Lipinski definition) is 4. The highest BCUT2D eigenvalue weighted by molar-refractivity contribution is 7.89. The van der Waals surface area contributed by atoms with Crippen LogP contribution in [-0.4, -0.2) is 47.5 Å². The van der Waals surface area contributed by atoms with Crippen LogP contribution in [0, 0.1) is 0 Å². The van der Waals surface area contributed by atoms with Crippen molar-refractivity contribution >= 4 is 22.0 Å². The highest BCUT2D eigenvalue weighted by Gasteiger charge is 2.39. The second-order valence-corrected chi connectivity index (χ2v) is 6.33. The van der Waals surface area contributed by atoms with Gasteiger partial charge >= 0.3 is 11.9 Å². The molecular weight excluding hydrogens is 286 g/mol. The summed E-state index contributed by atoms with van der Waals surface area (Å²) in [6.07, 6.45) is 0.769. The van der Waals surface area contributed by atoms with Crippen molar-refractivity contribution < 1.29 is 28.2 Å². The molecule has 1 aliphatic heterocycles. The molecule has 0 saturated carbocycles. The zero-order valence-corrected chi connectivity index (χ0v) is 11.2. The molecule has 7 nitrogen and oxygen atoms in total. The van der Waals surface area contributed by atoms with E-state index in [1.54, 1.807) is 0 Å². The van der Waals surface area contributed by atoms with Crippen molar-refractivity contribution in [2.75, 3.05) is 6.54 Å². The monoisotopic (exact) mass is 299 g/mol. The zero-order valence-electron chi connectivity index (χ0n) is 10.4. The smallest absolute Gasteiger partial charge is 0.335 e. The Balaban J connectivity index is 2.35. The van der Waals surface area contributed by atoms with Gasteiger partial charge in [-0.3, -0.25) is 4.79 Å². The first kappa shape index (κ1) is 14.5. The average Bonchev–Trinajstić information content (AvgIpc) is 2.89. The maximum Gasteiger partial charge on any atom is 0.335 e. The lowest BCUT2D eigenvalue weighted by atomic mass is 10.2.